The van der Waals surface area contributed by atoms with Crippen molar-refractivity contribution in [3.63, 3.8) is 0 Å². The van der Waals surface area contributed by atoms with E-state index in [1.807, 2.05) is 44.3 Å². The Labute approximate surface area is 219 Å². The maximum absolute atomic E-state index is 14.7. The van der Waals surface area contributed by atoms with Crippen molar-refractivity contribution >= 4 is 11.7 Å². The number of nitrogens with zero attached hydrogens (tertiary/aromatic N) is 3. The Balaban J connectivity index is 1.91. The molecule has 37 heavy (non-hydrogen) atoms. The molecule has 1 aromatic heterocycles. The van der Waals surface area contributed by atoms with E-state index in [1.165, 1.54) is 22.6 Å². The number of hydrogen-bond acceptors (Lipinski definition) is 6. The molecule has 2 heterocycles. The highest BCUT2D eigenvalue weighted by Gasteiger charge is 2.22. The molecule has 1 aliphatic heterocycles. The summed E-state index contributed by atoms with van der Waals surface area (Å²) in [6.07, 6.45) is 10.0. The molecule has 0 saturated carbocycles. The Morgan fingerprint density at radius 3 is 2.62 bits per heavy atom. The van der Waals surface area contributed by atoms with Crippen molar-refractivity contribution in [2.24, 2.45) is 0 Å². The van der Waals surface area contributed by atoms with Crippen molar-refractivity contribution in [3.05, 3.63) is 76.6 Å². The summed E-state index contributed by atoms with van der Waals surface area (Å²) in [6.45, 7) is 5.15. The molecule has 1 aliphatic rings. The van der Waals surface area contributed by atoms with Gasteiger partial charge in [-0.05, 0) is 74.0 Å². The van der Waals surface area contributed by atoms with Gasteiger partial charge >= 0.3 is 0 Å². The first-order valence-electron chi connectivity index (χ1n) is 12.4. The lowest BCUT2D eigenvalue weighted by Crippen LogP contribution is -2.33. The molecule has 1 amide bonds. The van der Waals surface area contributed by atoms with Crippen LogP contribution in [0.25, 0.3) is 11.1 Å². The van der Waals surface area contributed by atoms with Crippen molar-refractivity contribution in [2.45, 2.75) is 33.1 Å². The third kappa shape index (κ3) is 6.77. The van der Waals surface area contributed by atoms with Crippen LogP contribution in [0.1, 0.15) is 42.6 Å². The van der Waals surface area contributed by atoms with Gasteiger partial charge in [0.1, 0.15) is 5.82 Å². The first-order chi connectivity index (χ1) is 17.7. The second kappa shape index (κ2) is 12.5. The number of fused-ring (bicyclic) bond motifs is 1. The van der Waals surface area contributed by atoms with E-state index in [0.29, 0.717) is 37.1 Å². The molecule has 8 heteroatoms. The zero-order chi connectivity index (χ0) is 27.1. The summed E-state index contributed by atoms with van der Waals surface area (Å²) in [5.41, 5.74) is 4.33. The minimum absolute atomic E-state index is 0.0701. The molecule has 198 valence electrons. The third-order valence-corrected chi connectivity index (χ3v) is 6.40. The van der Waals surface area contributed by atoms with E-state index in [9.17, 15) is 14.3 Å². The van der Waals surface area contributed by atoms with Gasteiger partial charge in [0.25, 0.3) is 5.91 Å². The summed E-state index contributed by atoms with van der Waals surface area (Å²) in [5.74, 6) is -0.295. The van der Waals surface area contributed by atoms with E-state index < -0.39 is 17.5 Å². The molecule has 0 atom stereocenters. The number of carbonyl (C=O) groups excluding carboxylic acids is 1. The number of pyridine rings is 1. The quantitative estimate of drug-likeness (QED) is 0.421. The number of halogens is 1. The van der Waals surface area contributed by atoms with Gasteiger partial charge in [-0.15, -0.1) is 0 Å². The maximum atomic E-state index is 14.7. The number of likely N-dealkylation sites (N-methyl/N-ethyl adjacent to an activating group) is 2. The van der Waals surface area contributed by atoms with Crippen molar-refractivity contribution < 1.29 is 19.0 Å². The van der Waals surface area contributed by atoms with Gasteiger partial charge in [0.15, 0.2) is 11.6 Å². The molecule has 0 saturated heterocycles. The number of nitrogens with one attached hydrogen (secondary N) is 1. The zero-order valence-corrected chi connectivity index (χ0v) is 22.6. The molecule has 0 radical (unpaired) electrons. The number of benzene rings is 1. The van der Waals surface area contributed by atoms with Gasteiger partial charge in [-0.1, -0.05) is 13.0 Å². The number of amides is 1. The molecule has 1 aromatic carbocycles. The number of allylic oxidation sites excluding steroid dienone is 4. The molecule has 2 N–H and O–H groups in total. The van der Waals surface area contributed by atoms with Crippen LogP contribution in [0.5, 0.6) is 5.75 Å². The second-order valence-corrected chi connectivity index (χ2v) is 9.38. The fraction of sp³-hybridized carbons (Fsp3) is 0.379. The third-order valence-electron chi connectivity index (χ3n) is 6.40. The highest BCUT2D eigenvalue weighted by atomic mass is 19.1. The number of ether oxygens (including phenoxy) is 1. The average molecular weight is 509 g/mol. The van der Waals surface area contributed by atoms with Gasteiger partial charge in [-0.2, -0.15) is 0 Å². The molecule has 0 spiro atoms. The van der Waals surface area contributed by atoms with Crippen LogP contribution < -0.4 is 5.32 Å². The van der Waals surface area contributed by atoms with E-state index in [-0.39, 0.29) is 5.56 Å². The summed E-state index contributed by atoms with van der Waals surface area (Å²) < 4.78 is 20.2. The first kappa shape index (κ1) is 27.9. The van der Waals surface area contributed by atoms with Crippen LogP contribution in [0.4, 0.5) is 10.2 Å². The Hall–Kier alpha value is -3.65. The molecule has 3 rings (SSSR count). The highest BCUT2D eigenvalue weighted by molar-refractivity contribution is 5.98. The van der Waals surface area contributed by atoms with Crippen LogP contribution in [-0.4, -0.2) is 67.1 Å². The van der Waals surface area contributed by atoms with E-state index >= 15 is 0 Å². The summed E-state index contributed by atoms with van der Waals surface area (Å²) in [4.78, 5) is 21.0. The molecule has 0 unspecified atom stereocenters. The van der Waals surface area contributed by atoms with E-state index in [0.717, 1.165) is 29.1 Å². The smallest absolute Gasteiger partial charge is 0.257 e. The lowest BCUT2D eigenvalue weighted by molar-refractivity contribution is 0.0782. The summed E-state index contributed by atoms with van der Waals surface area (Å²) >= 11 is 0. The summed E-state index contributed by atoms with van der Waals surface area (Å²) in [7, 11) is 7.13. The molecular formula is C29H37FN4O3. The van der Waals surface area contributed by atoms with Gasteiger partial charge < -0.3 is 25.0 Å². The van der Waals surface area contributed by atoms with Crippen molar-refractivity contribution in [3.8, 4) is 16.9 Å². The number of rotatable bonds is 10. The molecule has 7 nitrogen and oxygen atoms in total. The summed E-state index contributed by atoms with van der Waals surface area (Å²) in [6, 6.07) is 4.72. The van der Waals surface area contributed by atoms with Gasteiger partial charge in [-0.25, -0.2) is 9.37 Å². The van der Waals surface area contributed by atoms with Crippen LogP contribution in [0.15, 0.2) is 59.7 Å². The van der Waals surface area contributed by atoms with Crippen LogP contribution in [0, 0.1) is 5.82 Å². The molecule has 2 aromatic rings. The monoisotopic (exact) mass is 508 g/mol. The van der Waals surface area contributed by atoms with Gasteiger partial charge in [0.2, 0.25) is 0 Å². The van der Waals surface area contributed by atoms with Crippen molar-refractivity contribution in [1.82, 2.24) is 14.8 Å². The standard InChI is InChI=1S/C29H37FN4O3/c1-7-9-19(14-24(8-2)37-6)22-12-21-13-23(18-32-28(21)31-17-22)20-15-25(27(35)26(30)16-20)29(36)34(5)11-10-33(3)4/h8-9,13,15-18,35H,7,10-12,14H2,1-6H3,(H,31,32)/b19-9+,24-8+. The van der Waals surface area contributed by atoms with Crippen LogP contribution >= 0.6 is 0 Å². The molecule has 0 bridgehead atoms. The number of anilines is 1. The van der Waals surface area contributed by atoms with E-state index in [1.54, 1.807) is 20.4 Å². The number of phenolic OH excluding ortho intramolecular Hbond substituents is 1. The zero-order valence-electron chi connectivity index (χ0n) is 22.6. The fourth-order valence-corrected chi connectivity index (χ4v) is 4.18. The topological polar surface area (TPSA) is 77.9 Å². The van der Waals surface area contributed by atoms with Crippen LogP contribution in [0.2, 0.25) is 0 Å². The van der Waals surface area contributed by atoms with Gasteiger partial charge in [0.05, 0.1) is 18.4 Å². The molecule has 0 fully saturated rings. The second-order valence-electron chi connectivity index (χ2n) is 9.38. The number of carbonyl (C=O) groups is 1. The highest BCUT2D eigenvalue weighted by Crippen LogP contribution is 2.34. The maximum Gasteiger partial charge on any atom is 0.257 e. The Bertz CT molecular complexity index is 1230. The first-order valence-corrected chi connectivity index (χ1v) is 12.4. The largest absolute Gasteiger partial charge is 0.504 e. The van der Waals surface area contributed by atoms with Crippen LogP contribution in [-0.2, 0) is 11.2 Å². The lowest BCUT2D eigenvalue weighted by atomic mass is 9.92. The predicted octanol–water partition coefficient (Wildman–Crippen LogP) is 5.36. The van der Waals surface area contributed by atoms with Crippen LogP contribution in [0.3, 0.4) is 0 Å². The number of methoxy groups -OCH3 is 1. The number of aromatic hydroxyl groups is 1. The Morgan fingerprint density at radius 1 is 1.22 bits per heavy atom. The lowest BCUT2D eigenvalue weighted by Gasteiger charge is -2.22. The number of hydrogen-bond donors (Lipinski definition) is 2. The normalized spacial score (nSPS) is 13.7. The SMILES string of the molecule is C/C=C(\C/C(=C\CC)C1=CNc2ncc(-c3cc(F)c(O)c(C(=O)N(C)CCN(C)C)c3)cc2C1)OC. The molecule has 0 aliphatic carbocycles. The number of aromatic nitrogens is 1. The Morgan fingerprint density at radius 2 is 1.97 bits per heavy atom. The number of phenols is 1. The van der Waals surface area contributed by atoms with E-state index in [2.05, 4.69) is 23.3 Å². The van der Waals surface area contributed by atoms with Crippen molar-refractivity contribution in [2.75, 3.05) is 46.7 Å². The van der Waals surface area contributed by atoms with Gasteiger partial charge in [-0.3, -0.25) is 4.79 Å². The van der Waals surface area contributed by atoms with Crippen molar-refractivity contribution in [1.29, 1.82) is 0 Å². The minimum Gasteiger partial charge on any atom is -0.504 e. The Kier molecular flexibility index (Phi) is 9.47. The summed E-state index contributed by atoms with van der Waals surface area (Å²) in [5, 5.41) is 13.6. The average Bonchev–Trinajstić information content (AvgIpc) is 2.90. The van der Waals surface area contributed by atoms with Gasteiger partial charge in [0, 0.05) is 50.9 Å². The molecular weight excluding hydrogens is 471 g/mol. The van der Waals surface area contributed by atoms with E-state index in [4.69, 9.17) is 4.74 Å². The minimum atomic E-state index is -0.843. The predicted molar refractivity (Wildman–Crippen MR) is 146 cm³/mol. The fourth-order valence-electron chi connectivity index (χ4n) is 4.18.